The van der Waals surface area contributed by atoms with Crippen LogP contribution in [0.3, 0.4) is 0 Å². The summed E-state index contributed by atoms with van der Waals surface area (Å²) in [4.78, 5) is 32.6. The molecule has 0 radical (unpaired) electrons. The molecule has 0 saturated carbocycles. The number of hydrogen-bond acceptors (Lipinski definition) is 8. The lowest BCUT2D eigenvalue weighted by Crippen LogP contribution is -2.21. The van der Waals surface area contributed by atoms with Gasteiger partial charge in [0.25, 0.3) is 0 Å². The van der Waals surface area contributed by atoms with Crippen LogP contribution in [0.2, 0.25) is 0 Å². The van der Waals surface area contributed by atoms with E-state index in [-0.39, 0.29) is 11.5 Å². The molecule has 1 saturated heterocycles. The molecule has 9 nitrogen and oxygen atoms in total. The number of hydrogen-bond donors (Lipinski definition) is 1. The number of nitro groups is 1. The number of nitrogens with zero attached hydrogens (tertiary/aromatic N) is 4. The molecule has 1 aromatic heterocycles. The monoisotopic (exact) mass is 343 g/mol. The van der Waals surface area contributed by atoms with E-state index in [0.29, 0.717) is 17.1 Å². The quantitative estimate of drug-likeness (QED) is 0.501. The largest absolute Gasteiger partial charge is 0.465 e. The first-order valence-electron chi connectivity index (χ1n) is 7.80. The van der Waals surface area contributed by atoms with Gasteiger partial charge in [-0.05, 0) is 37.1 Å². The van der Waals surface area contributed by atoms with Crippen molar-refractivity contribution in [3.63, 3.8) is 0 Å². The Hall–Kier alpha value is -3.23. The molecule has 1 aromatic carbocycles. The fourth-order valence-electron chi connectivity index (χ4n) is 2.73. The van der Waals surface area contributed by atoms with Gasteiger partial charge < -0.3 is 15.0 Å². The van der Waals surface area contributed by atoms with Gasteiger partial charge in [-0.25, -0.2) is 14.8 Å². The van der Waals surface area contributed by atoms with Gasteiger partial charge in [0, 0.05) is 18.8 Å². The molecule has 0 aliphatic carbocycles. The molecule has 1 aliphatic heterocycles. The topological polar surface area (TPSA) is 110 Å². The highest BCUT2D eigenvalue weighted by Gasteiger charge is 2.28. The van der Waals surface area contributed by atoms with Crippen LogP contribution in [0.4, 0.5) is 23.0 Å². The molecule has 2 heterocycles. The van der Waals surface area contributed by atoms with E-state index < -0.39 is 10.9 Å². The van der Waals surface area contributed by atoms with Gasteiger partial charge in [-0.1, -0.05) is 0 Å². The Morgan fingerprint density at radius 3 is 2.52 bits per heavy atom. The standard InChI is InChI=1S/C16H17N5O4/c1-25-16(22)11-4-6-12(7-5-11)19-14-13(21(23)24)15(18-10-17-14)20-8-2-3-9-20/h4-7,10H,2-3,8-9H2,1H3,(H,17,18,19). The van der Waals surface area contributed by atoms with Gasteiger partial charge >= 0.3 is 11.7 Å². The fourth-order valence-corrected chi connectivity index (χ4v) is 2.73. The molecule has 0 unspecified atom stereocenters. The molecule has 0 amide bonds. The fraction of sp³-hybridized carbons (Fsp3) is 0.312. The highest BCUT2D eigenvalue weighted by Crippen LogP contribution is 2.34. The van der Waals surface area contributed by atoms with E-state index >= 15 is 0 Å². The van der Waals surface area contributed by atoms with Crippen molar-refractivity contribution in [3.8, 4) is 0 Å². The normalized spacial score (nSPS) is 13.6. The van der Waals surface area contributed by atoms with Gasteiger partial charge in [-0.2, -0.15) is 0 Å². The Morgan fingerprint density at radius 1 is 1.24 bits per heavy atom. The third-order valence-corrected chi connectivity index (χ3v) is 3.96. The number of ether oxygens (including phenoxy) is 1. The first-order chi connectivity index (χ1) is 12.1. The Labute approximate surface area is 143 Å². The average Bonchev–Trinajstić information content (AvgIpc) is 3.16. The molecule has 0 bridgehead atoms. The maximum atomic E-state index is 11.6. The Balaban J connectivity index is 1.90. The second kappa shape index (κ2) is 7.12. The summed E-state index contributed by atoms with van der Waals surface area (Å²) < 4.78 is 4.64. The molecule has 9 heteroatoms. The smallest absolute Gasteiger partial charge is 0.353 e. The van der Waals surface area contributed by atoms with Gasteiger partial charge in [-0.15, -0.1) is 0 Å². The van der Waals surface area contributed by atoms with Crippen LogP contribution < -0.4 is 10.2 Å². The Bertz CT molecular complexity index is 788. The van der Waals surface area contributed by atoms with Crippen LogP contribution in [0.1, 0.15) is 23.2 Å². The van der Waals surface area contributed by atoms with Crippen LogP contribution in [-0.4, -0.2) is 41.1 Å². The SMILES string of the molecule is COC(=O)c1ccc(Nc2ncnc(N3CCCC3)c2[N+](=O)[O-])cc1. The molecular formula is C16H17N5O4. The molecule has 0 spiro atoms. The molecule has 0 atom stereocenters. The van der Waals surface area contributed by atoms with Crippen LogP contribution in [0.15, 0.2) is 30.6 Å². The van der Waals surface area contributed by atoms with Crippen molar-refractivity contribution >= 4 is 29.0 Å². The van der Waals surface area contributed by atoms with Gasteiger partial charge in [0.1, 0.15) is 6.33 Å². The van der Waals surface area contributed by atoms with Crippen LogP contribution in [-0.2, 0) is 4.74 Å². The summed E-state index contributed by atoms with van der Waals surface area (Å²) in [6.45, 7) is 1.48. The van der Waals surface area contributed by atoms with Crippen LogP contribution >= 0.6 is 0 Å². The molecule has 1 N–H and O–H groups in total. The summed E-state index contributed by atoms with van der Waals surface area (Å²) in [7, 11) is 1.30. The summed E-state index contributed by atoms with van der Waals surface area (Å²) in [5.41, 5.74) is 0.811. The molecule has 130 valence electrons. The summed E-state index contributed by atoms with van der Waals surface area (Å²) >= 11 is 0. The van der Waals surface area contributed by atoms with E-state index in [4.69, 9.17) is 0 Å². The summed E-state index contributed by atoms with van der Waals surface area (Å²) in [6.07, 6.45) is 3.28. The highest BCUT2D eigenvalue weighted by atomic mass is 16.6. The second-order valence-corrected chi connectivity index (χ2v) is 5.54. The first-order valence-corrected chi connectivity index (χ1v) is 7.80. The summed E-state index contributed by atoms with van der Waals surface area (Å²) in [5, 5.41) is 14.5. The predicted molar refractivity (Wildman–Crippen MR) is 91.2 cm³/mol. The van der Waals surface area contributed by atoms with Crippen molar-refractivity contribution in [2.75, 3.05) is 30.4 Å². The van der Waals surface area contributed by atoms with Crippen molar-refractivity contribution < 1.29 is 14.5 Å². The lowest BCUT2D eigenvalue weighted by molar-refractivity contribution is -0.383. The number of benzene rings is 1. The van der Waals surface area contributed by atoms with E-state index in [9.17, 15) is 14.9 Å². The van der Waals surface area contributed by atoms with Crippen LogP contribution in [0, 0.1) is 10.1 Å². The van der Waals surface area contributed by atoms with E-state index in [1.807, 2.05) is 4.90 Å². The van der Waals surface area contributed by atoms with Gasteiger partial charge in [-0.3, -0.25) is 10.1 Å². The zero-order valence-electron chi connectivity index (χ0n) is 13.6. The number of carbonyl (C=O) groups is 1. The molecular weight excluding hydrogens is 326 g/mol. The van der Waals surface area contributed by atoms with Gasteiger partial charge in [0.15, 0.2) is 0 Å². The van der Waals surface area contributed by atoms with E-state index in [2.05, 4.69) is 20.0 Å². The van der Waals surface area contributed by atoms with E-state index in [1.165, 1.54) is 13.4 Å². The van der Waals surface area contributed by atoms with Crippen molar-refractivity contribution in [2.24, 2.45) is 0 Å². The number of nitrogens with one attached hydrogen (secondary N) is 1. The first kappa shape index (κ1) is 16.6. The molecule has 2 aromatic rings. The lowest BCUT2D eigenvalue weighted by atomic mass is 10.2. The van der Waals surface area contributed by atoms with E-state index in [1.54, 1.807) is 24.3 Å². The third-order valence-electron chi connectivity index (χ3n) is 3.96. The second-order valence-electron chi connectivity index (χ2n) is 5.54. The van der Waals surface area contributed by atoms with Crippen molar-refractivity contribution in [3.05, 3.63) is 46.3 Å². The van der Waals surface area contributed by atoms with Crippen molar-refractivity contribution in [2.45, 2.75) is 12.8 Å². The number of rotatable bonds is 5. The average molecular weight is 343 g/mol. The molecule has 1 aliphatic rings. The Morgan fingerprint density at radius 2 is 1.92 bits per heavy atom. The lowest BCUT2D eigenvalue weighted by Gasteiger charge is -2.17. The Kier molecular flexibility index (Phi) is 4.73. The van der Waals surface area contributed by atoms with Crippen LogP contribution in [0.5, 0.6) is 0 Å². The van der Waals surface area contributed by atoms with Gasteiger partial charge in [0.05, 0.1) is 17.6 Å². The molecule has 3 rings (SSSR count). The maximum Gasteiger partial charge on any atom is 0.353 e. The van der Waals surface area contributed by atoms with E-state index in [0.717, 1.165) is 25.9 Å². The van der Waals surface area contributed by atoms with Crippen molar-refractivity contribution in [1.82, 2.24) is 9.97 Å². The molecule has 1 fully saturated rings. The molecule has 25 heavy (non-hydrogen) atoms. The zero-order chi connectivity index (χ0) is 17.8. The third kappa shape index (κ3) is 3.49. The zero-order valence-corrected chi connectivity index (χ0v) is 13.6. The number of esters is 1. The minimum absolute atomic E-state index is 0.118. The number of aromatic nitrogens is 2. The summed E-state index contributed by atoms with van der Waals surface area (Å²) in [5.74, 6) is -0.00483. The van der Waals surface area contributed by atoms with Gasteiger partial charge in [0.2, 0.25) is 11.6 Å². The van der Waals surface area contributed by atoms with Crippen molar-refractivity contribution in [1.29, 1.82) is 0 Å². The minimum atomic E-state index is -0.473. The summed E-state index contributed by atoms with van der Waals surface area (Å²) in [6, 6.07) is 6.41. The maximum absolute atomic E-state index is 11.6. The number of carbonyl (C=O) groups excluding carboxylic acids is 1. The highest BCUT2D eigenvalue weighted by molar-refractivity contribution is 5.89. The minimum Gasteiger partial charge on any atom is -0.465 e. The predicted octanol–water partition coefficient (Wildman–Crippen LogP) is 2.52. The number of anilines is 3. The number of methoxy groups -OCH3 is 1. The van der Waals surface area contributed by atoms with Crippen LogP contribution in [0.25, 0.3) is 0 Å².